The highest BCUT2D eigenvalue weighted by molar-refractivity contribution is 7.91. The number of aromatic nitrogens is 4. The van der Waals surface area contributed by atoms with Crippen LogP contribution in [-0.2, 0) is 15.6 Å². The van der Waals surface area contributed by atoms with Gasteiger partial charge in [-0.15, -0.1) is 16.4 Å². The van der Waals surface area contributed by atoms with Gasteiger partial charge in [0.2, 0.25) is 0 Å². The average Bonchev–Trinajstić information content (AvgIpc) is 3.43. The molecular formula is C17H26N6O2S2. The van der Waals surface area contributed by atoms with E-state index in [1.165, 1.54) is 24.2 Å². The minimum atomic E-state index is -3.50. The summed E-state index contributed by atoms with van der Waals surface area (Å²) in [7, 11) is 0.491. The number of thiophene rings is 1. The molecule has 1 aliphatic carbocycles. The first-order valence-corrected chi connectivity index (χ1v) is 11.8. The van der Waals surface area contributed by atoms with Gasteiger partial charge in [-0.2, -0.15) is 4.31 Å². The Balaban J connectivity index is 1.71. The topological polar surface area (TPSA) is 84.2 Å². The fourth-order valence-corrected chi connectivity index (χ4v) is 7.06. The van der Waals surface area contributed by atoms with Crippen molar-refractivity contribution in [2.24, 2.45) is 0 Å². The van der Waals surface area contributed by atoms with E-state index >= 15 is 0 Å². The largest absolute Gasteiger partial charge is 0.296 e. The molecular weight excluding hydrogens is 384 g/mol. The third-order valence-corrected chi connectivity index (χ3v) is 9.18. The fraction of sp³-hybridized carbons (Fsp3) is 0.706. The Kier molecular flexibility index (Phi) is 5.08. The van der Waals surface area contributed by atoms with E-state index in [1.54, 1.807) is 21.8 Å². The second-order valence-electron chi connectivity index (χ2n) is 7.69. The van der Waals surface area contributed by atoms with Crippen LogP contribution in [0.3, 0.4) is 0 Å². The summed E-state index contributed by atoms with van der Waals surface area (Å²) < 4.78 is 30.2. The minimum Gasteiger partial charge on any atom is -0.296 e. The molecule has 10 heteroatoms. The second-order valence-corrected chi connectivity index (χ2v) is 10.8. The zero-order valence-electron chi connectivity index (χ0n) is 15.8. The lowest BCUT2D eigenvalue weighted by atomic mass is 9.87. The van der Waals surface area contributed by atoms with Crippen molar-refractivity contribution in [2.45, 2.75) is 54.3 Å². The van der Waals surface area contributed by atoms with Crippen molar-refractivity contribution in [3.8, 4) is 0 Å². The maximum Gasteiger partial charge on any atom is 0.252 e. The number of hydrogen-bond acceptors (Lipinski definition) is 7. The zero-order valence-corrected chi connectivity index (χ0v) is 17.4. The monoisotopic (exact) mass is 410 g/mol. The molecule has 0 amide bonds. The third-order valence-electron chi connectivity index (χ3n) is 5.96. The summed E-state index contributed by atoms with van der Waals surface area (Å²) in [6, 6.07) is 3.77. The lowest BCUT2D eigenvalue weighted by Gasteiger charge is -2.45. The Morgan fingerprint density at radius 2 is 2.04 bits per heavy atom. The van der Waals surface area contributed by atoms with Gasteiger partial charge in [0, 0.05) is 13.1 Å². The summed E-state index contributed by atoms with van der Waals surface area (Å²) >= 11 is 1.26. The molecule has 3 heterocycles. The molecule has 1 aliphatic heterocycles. The smallest absolute Gasteiger partial charge is 0.252 e. The van der Waals surface area contributed by atoms with Crippen molar-refractivity contribution in [2.75, 3.05) is 27.2 Å². The number of piperidine rings is 1. The van der Waals surface area contributed by atoms with E-state index in [2.05, 4.69) is 20.4 Å². The Morgan fingerprint density at radius 3 is 2.70 bits per heavy atom. The van der Waals surface area contributed by atoms with Crippen molar-refractivity contribution in [3.63, 3.8) is 0 Å². The first-order valence-electron chi connectivity index (χ1n) is 9.44. The SMILES string of the molecule is CN(C)C1(c2nnnn2C2CCCC2)CCCN(S(=O)(=O)c2cccs2)C1. The molecule has 2 fully saturated rings. The highest BCUT2D eigenvalue weighted by Gasteiger charge is 2.47. The normalized spacial score (nSPS) is 25.4. The van der Waals surface area contributed by atoms with Crippen molar-refractivity contribution in [1.29, 1.82) is 0 Å². The third kappa shape index (κ3) is 3.22. The molecule has 2 aromatic heterocycles. The van der Waals surface area contributed by atoms with E-state index in [-0.39, 0.29) is 0 Å². The molecule has 0 aromatic carbocycles. The highest BCUT2D eigenvalue weighted by atomic mass is 32.2. The molecule has 8 nitrogen and oxygen atoms in total. The molecule has 148 valence electrons. The average molecular weight is 411 g/mol. The Morgan fingerprint density at radius 1 is 1.26 bits per heavy atom. The maximum atomic E-state index is 13.1. The molecule has 27 heavy (non-hydrogen) atoms. The second kappa shape index (κ2) is 7.23. The van der Waals surface area contributed by atoms with Gasteiger partial charge < -0.3 is 0 Å². The molecule has 2 aromatic rings. The van der Waals surface area contributed by atoms with Crippen LogP contribution in [0.25, 0.3) is 0 Å². The van der Waals surface area contributed by atoms with E-state index < -0.39 is 15.6 Å². The van der Waals surface area contributed by atoms with Gasteiger partial charge >= 0.3 is 0 Å². The number of sulfonamides is 1. The van der Waals surface area contributed by atoms with E-state index in [0.29, 0.717) is 23.3 Å². The first kappa shape index (κ1) is 19.0. The molecule has 0 radical (unpaired) electrons. The molecule has 0 N–H and O–H groups in total. The molecule has 1 saturated carbocycles. The van der Waals surface area contributed by atoms with Gasteiger partial charge in [-0.3, -0.25) is 4.90 Å². The Labute approximate surface area is 164 Å². The van der Waals surface area contributed by atoms with E-state index in [9.17, 15) is 8.42 Å². The van der Waals surface area contributed by atoms with Gasteiger partial charge in [0.1, 0.15) is 4.21 Å². The van der Waals surface area contributed by atoms with Gasteiger partial charge in [-0.1, -0.05) is 18.9 Å². The van der Waals surface area contributed by atoms with Crippen LogP contribution in [0, 0.1) is 0 Å². The summed E-state index contributed by atoms with van der Waals surface area (Å²) in [6.07, 6.45) is 6.16. The first-order chi connectivity index (χ1) is 12.9. The van der Waals surface area contributed by atoms with Crippen molar-refractivity contribution in [1.82, 2.24) is 29.4 Å². The van der Waals surface area contributed by atoms with Gasteiger partial charge in [0.15, 0.2) is 5.82 Å². The summed E-state index contributed by atoms with van der Waals surface area (Å²) in [5.74, 6) is 0.797. The van der Waals surface area contributed by atoms with Gasteiger partial charge in [0.25, 0.3) is 10.0 Å². The van der Waals surface area contributed by atoms with Gasteiger partial charge in [-0.05, 0) is 61.7 Å². The van der Waals surface area contributed by atoms with E-state index in [0.717, 1.165) is 31.5 Å². The molecule has 0 bridgehead atoms. The van der Waals surface area contributed by atoms with Crippen molar-refractivity contribution >= 4 is 21.4 Å². The predicted molar refractivity (Wildman–Crippen MR) is 103 cm³/mol. The van der Waals surface area contributed by atoms with E-state index in [1.807, 2.05) is 18.8 Å². The van der Waals surface area contributed by atoms with Crippen LogP contribution in [0.2, 0.25) is 0 Å². The lowest BCUT2D eigenvalue weighted by Crippen LogP contribution is -2.56. The molecule has 0 spiro atoms. The minimum absolute atomic E-state index is 0.316. The molecule has 1 saturated heterocycles. The Bertz CT molecular complexity index is 873. The number of hydrogen-bond donors (Lipinski definition) is 0. The predicted octanol–water partition coefficient (Wildman–Crippen LogP) is 2.09. The number of tetrazole rings is 1. The quantitative estimate of drug-likeness (QED) is 0.750. The fourth-order valence-electron chi connectivity index (χ4n) is 4.38. The summed E-state index contributed by atoms with van der Waals surface area (Å²) in [5.41, 5.74) is -0.519. The van der Waals surface area contributed by atoms with Crippen LogP contribution < -0.4 is 0 Å². The van der Waals surface area contributed by atoms with Crippen LogP contribution in [0.15, 0.2) is 21.7 Å². The molecule has 2 aliphatic rings. The molecule has 4 rings (SSSR count). The van der Waals surface area contributed by atoms with Crippen LogP contribution in [0.5, 0.6) is 0 Å². The highest BCUT2D eigenvalue weighted by Crippen LogP contribution is 2.39. The zero-order chi connectivity index (χ0) is 19.1. The van der Waals surface area contributed by atoms with Crippen LogP contribution >= 0.6 is 11.3 Å². The van der Waals surface area contributed by atoms with E-state index in [4.69, 9.17) is 0 Å². The molecule has 1 atom stereocenters. The number of rotatable bonds is 5. The molecule has 1 unspecified atom stereocenters. The van der Waals surface area contributed by atoms with Gasteiger partial charge in [-0.25, -0.2) is 13.1 Å². The van der Waals surface area contributed by atoms with Crippen LogP contribution in [0.1, 0.15) is 50.4 Å². The maximum absolute atomic E-state index is 13.1. The van der Waals surface area contributed by atoms with Crippen molar-refractivity contribution < 1.29 is 8.42 Å². The Hall–Kier alpha value is -1.36. The van der Waals surface area contributed by atoms with Gasteiger partial charge in [0.05, 0.1) is 11.6 Å². The van der Waals surface area contributed by atoms with Crippen LogP contribution in [0.4, 0.5) is 0 Å². The lowest BCUT2D eigenvalue weighted by molar-refractivity contribution is 0.0623. The van der Waals surface area contributed by atoms with Crippen LogP contribution in [-0.4, -0.2) is 65.0 Å². The summed E-state index contributed by atoms with van der Waals surface area (Å²) in [4.78, 5) is 2.10. The number of likely N-dealkylation sites (N-methyl/N-ethyl adjacent to an activating group) is 1. The summed E-state index contributed by atoms with van der Waals surface area (Å²) in [5, 5.41) is 14.5. The van der Waals surface area contributed by atoms with Crippen molar-refractivity contribution in [3.05, 3.63) is 23.3 Å². The standard InChI is InChI=1S/C17H26N6O2S2/c1-21(2)17(16-18-19-20-23(16)14-7-3-4-8-14)10-6-11-22(13-17)27(24,25)15-9-5-12-26-15/h5,9,12,14H,3-4,6-8,10-11,13H2,1-2H3. The number of nitrogens with zero attached hydrogens (tertiary/aromatic N) is 6. The summed E-state index contributed by atoms with van der Waals surface area (Å²) in [6.45, 7) is 0.897.